The molecule has 4 heteroatoms. The van der Waals surface area contributed by atoms with E-state index in [4.69, 9.17) is 10.2 Å². The molecule has 0 bridgehead atoms. The molecular weight excluding hydrogens is 242 g/mol. The van der Waals surface area contributed by atoms with Crippen molar-refractivity contribution < 1.29 is 0 Å². The third kappa shape index (κ3) is 2.84. The first-order valence-corrected chi connectivity index (χ1v) is 7.55. The van der Waals surface area contributed by atoms with Crippen molar-refractivity contribution in [3.63, 3.8) is 0 Å². The summed E-state index contributed by atoms with van der Waals surface area (Å²) in [5, 5.41) is 10.0. The third-order valence-electron chi connectivity index (χ3n) is 3.43. The van der Waals surface area contributed by atoms with Crippen LogP contribution >= 0.6 is 11.3 Å². The molecule has 0 spiro atoms. The zero-order valence-corrected chi connectivity index (χ0v) is 12.3. The van der Waals surface area contributed by atoms with E-state index in [0.29, 0.717) is 12.3 Å². The first-order valence-electron chi connectivity index (χ1n) is 6.73. The van der Waals surface area contributed by atoms with E-state index in [0.717, 1.165) is 34.7 Å². The first kappa shape index (κ1) is 13.4. The van der Waals surface area contributed by atoms with Crippen LogP contribution in [0.2, 0.25) is 0 Å². The van der Waals surface area contributed by atoms with Gasteiger partial charge in [-0.3, -0.25) is 0 Å². The summed E-state index contributed by atoms with van der Waals surface area (Å²) in [4.78, 5) is 8.33. The second-order valence-electron chi connectivity index (χ2n) is 5.49. The highest BCUT2D eigenvalue weighted by Gasteiger charge is 2.22. The maximum atomic E-state index is 8.90. The number of aromatic nitrogens is 1. The number of anilines is 1. The Labute approximate surface area is 113 Å². The molecule has 98 valence electrons. The van der Waals surface area contributed by atoms with E-state index in [9.17, 15) is 0 Å². The van der Waals surface area contributed by atoms with Gasteiger partial charge in [0.25, 0.3) is 0 Å². The molecule has 1 fully saturated rings. The Kier molecular flexibility index (Phi) is 4.23. The predicted molar refractivity (Wildman–Crippen MR) is 76.1 cm³/mol. The monoisotopic (exact) mass is 263 g/mol. The van der Waals surface area contributed by atoms with Gasteiger partial charge in [-0.2, -0.15) is 5.26 Å². The van der Waals surface area contributed by atoms with Crippen molar-refractivity contribution in [1.29, 1.82) is 5.26 Å². The zero-order valence-electron chi connectivity index (χ0n) is 11.4. The van der Waals surface area contributed by atoms with E-state index < -0.39 is 0 Å². The zero-order chi connectivity index (χ0) is 13.1. The number of piperidine rings is 1. The molecule has 1 atom stereocenters. The molecule has 1 aromatic rings. The predicted octanol–water partition coefficient (Wildman–Crippen LogP) is 3.57. The summed E-state index contributed by atoms with van der Waals surface area (Å²) in [5.41, 5.74) is 1.12. The average molecular weight is 263 g/mol. The molecular formula is C14H21N3S. The normalized spacial score (nSPS) is 20.2. The van der Waals surface area contributed by atoms with E-state index in [1.54, 1.807) is 11.3 Å². The van der Waals surface area contributed by atoms with Crippen LogP contribution < -0.4 is 4.90 Å². The van der Waals surface area contributed by atoms with Crippen LogP contribution in [0.4, 0.5) is 5.13 Å². The lowest BCUT2D eigenvalue weighted by molar-refractivity contribution is 0.446. The molecule has 1 aliphatic rings. The molecule has 1 saturated heterocycles. The number of nitrogens with zero attached hydrogens (tertiary/aromatic N) is 3. The number of hydrogen-bond acceptors (Lipinski definition) is 4. The molecule has 18 heavy (non-hydrogen) atoms. The number of thiazole rings is 1. The van der Waals surface area contributed by atoms with E-state index >= 15 is 0 Å². The van der Waals surface area contributed by atoms with Crippen LogP contribution in [0, 0.1) is 17.2 Å². The van der Waals surface area contributed by atoms with Crippen molar-refractivity contribution >= 4 is 16.5 Å². The van der Waals surface area contributed by atoms with Crippen molar-refractivity contribution in [1.82, 2.24) is 4.98 Å². The summed E-state index contributed by atoms with van der Waals surface area (Å²) >= 11 is 1.71. The van der Waals surface area contributed by atoms with Crippen LogP contribution in [0.25, 0.3) is 0 Å². The molecule has 1 aromatic heterocycles. The van der Waals surface area contributed by atoms with Crippen molar-refractivity contribution in [2.75, 3.05) is 18.0 Å². The Bertz CT molecular complexity index is 444. The fraction of sp³-hybridized carbons (Fsp3) is 0.714. The molecule has 0 saturated carbocycles. The smallest absolute Gasteiger partial charge is 0.185 e. The Morgan fingerprint density at radius 2 is 2.33 bits per heavy atom. The van der Waals surface area contributed by atoms with E-state index in [1.165, 1.54) is 12.8 Å². The van der Waals surface area contributed by atoms with Crippen molar-refractivity contribution in [2.24, 2.45) is 5.92 Å². The molecule has 0 radical (unpaired) electrons. The van der Waals surface area contributed by atoms with Gasteiger partial charge in [0.05, 0.1) is 18.2 Å². The average Bonchev–Trinajstić information content (AvgIpc) is 2.74. The third-order valence-corrected chi connectivity index (χ3v) is 4.56. The summed E-state index contributed by atoms with van der Waals surface area (Å²) in [6.07, 6.45) is 3.07. The quantitative estimate of drug-likeness (QED) is 0.837. The van der Waals surface area contributed by atoms with Gasteiger partial charge < -0.3 is 4.90 Å². The van der Waals surface area contributed by atoms with Gasteiger partial charge in [-0.1, -0.05) is 20.8 Å². The van der Waals surface area contributed by atoms with E-state index in [1.807, 2.05) is 0 Å². The Morgan fingerprint density at radius 3 is 2.94 bits per heavy atom. The molecule has 3 nitrogen and oxygen atoms in total. The van der Waals surface area contributed by atoms with Crippen LogP contribution in [-0.4, -0.2) is 18.1 Å². The van der Waals surface area contributed by atoms with Gasteiger partial charge in [0.15, 0.2) is 5.13 Å². The highest BCUT2D eigenvalue weighted by molar-refractivity contribution is 7.15. The molecule has 2 heterocycles. The van der Waals surface area contributed by atoms with E-state index in [2.05, 4.69) is 31.7 Å². The number of hydrogen-bond donors (Lipinski definition) is 0. The van der Waals surface area contributed by atoms with Gasteiger partial charge in [0, 0.05) is 18.0 Å². The number of rotatable bonds is 3. The first-order chi connectivity index (χ1) is 8.61. The minimum Gasteiger partial charge on any atom is -0.348 e. The standard InChI is InChI=1S/C14H21N3S/c1-10(2)13-12(6-7-15)18-14(16-13)17-8-4-5-11(3)9-17/h10-11H,4-6,8-9H2,1-3H3. The summed E-state index contributed by atoms with van der Waals surface area (Å²) in [7, 11) is 0. The minimum absolute atomic E-state index is 0.403. The van der Waals surface area contributed by atoms with Gasteiger partial charge in [0.2, 0.25) is 0 Å². The Balaban J connectivity index is 2.23. The second kappa shape index (κ2) is 5.71. The topological polar surface area (TPSA) is 39.9 Å². The summed E-state index contributed by atoms with van der Waals surface area (Å²) in [5.74, 6) is 1.16. The Morgan fingerprint density at radius 1 is 1.56 bits per heavy atom. The van der Waals surface area contributed by atoms with Crippen molar-refractivity contribution in [3.8, 4) is 6.07 Å². The lowest BCUT2D eigenvalue weighted by Gasteiger charge is -2.30. The van der Waals surface area contributed by atoms with E-state index in [-0.39, 0.29) is 0 Å². The largest absolute Gasteiger partial charge is 0.348 e. The lowest BCUT2D eigenvalue weighted by Crippen LogP contribution is -2.34. The fourth-order valence-electron chi connectivity index (χ4n) is 2.50. The van der Waals surface area contributed by atoms with Gasteiger partial charge in [0.1, 0.15) is 0 Å². The lowest BCUT2D eigenvalue weighted by atomic mass is 10.0. The maximum absolute atomic E-state index is 8.90. The molecule has 2 rings (SSSR count). The maximum Gasteiger partial charge on any atom is 0.185 e. The highest BCUT2D eigenvalue weighted by Crippen LogP contribution is 2.33. The van der Waals surface area contributed by atoms with Crippen LogP contribution in [0.3, 0.4) is 0 Å². The molecule has 0 aliphatic carbocycles. The van der Waals surface area contributed by atoms with Crippen molar-refractivity contribution in [2.45, 2.75) is 46.0 Å². The minimum atomic E-state index is 0.403. The summed E-state index contributed by atoms with van der Waals surface area (Å²) in [6.45, 7) is 8.83. The van der Waals surface area contributed by atoms with Crippen LogP contribution in [-0.2, 0) is 6.42 Å². The molecule has 0 aromatic carbocycles. The number of nitriles is 1. The molecule has 1 aliphatic heterocycles. The van der Waals surface area contributed by atoms with Gasteiger partial charge in [-0.25, -0.2) is 4.98 Å². The van der Waals surface area contributed by atoms with Crippen LogP contribution in [0.1, 0.15) is 50.1 Å². The van der Waals surface area contributed by atoms with Gasteiger partial charge >= 0.3 is 0 Å². The Hall–Kier alpha value is -1.08. The second-order valence-corrected chi connectivity index (χ2v) is 6.55. The van der Waals surface area contributed by atoms with Crippen molar-refractivity contribution in [3.05, 3.63) is 10.6 Å². The van der Waals surface area contributed by atoms with Gasteiger partial charge in [-0.05, 0) is 24.7 Å². The fourth-order valence-corrected chi connectivity index (χ4v) is 3.68. The summed E-state index contributed by atoms with van der Waals surface area (Å²) < 4.78 is 0. The SMILES string of the molecule is CC1CCCN(c2nc(C(C)C)c(CC#N)s2)C1. The molecule has 1 unspecified atom stereocenters. The highest BCUT2D eigenvalue weighted by atomic mass is 32.1. The molecule has 0 N–H and O–H groups in total. The van der Waals surface area contributed by atoms with Crippen LogP contribution in [0.5, 0.6) is 0 Å². The van der Waals surface area contributed by atoms with Crippen LogP contribution in [0.15, 0.2) is 0 Å². The van der Waals surface area contributed by atoms with Gasteiger partial charge in [-0.15, -0.1) is 11.3 Å². The summed E-state index contributed by atoms with van der Waals surface area (Å²) in [6, 6.07) is 2.26. The molecule has 0 amide bonds.